The van der Waals surface area contributed by atoms with Crippen molar-refractivity contribution in [1.82, 2.24) is 20.1 Å². The molecule has 2 aromatic carbocycles. The molecule has 368 valence electrons. The Hall–Kier alpha value is -5.78. The van der Waals surface area contributed by atoms with Crippen LogP contribution in [0.1, 0.15) is 119 Å². The summed E-state index contributed by atoms with van der Waals surface area (Å²) in [7, 11) is 4.02. The number of nitrogens with one attached hydrogen (secondary N) is 1. The van der Waals surface area contributed by atoms with Gasteiger partial charge in [0.05, 0.1) is 0 Å². The zero-order valence-electron chi connectivity index (χ0n) is 40.9. The minimum Gasteiger partial charge on any atom is -0.443 e. The standard InChI is InChI=1S/C15H17F2NO3.C10H9F2NO.C10H18O5.C7H10N2.C6H15N/c1-15(2,3)21-14(20)18-8-10(6-13(18)19)9-4-11(16)7-12(17)5-9;11-8-1-6(2-9(12)4-8)7-3-10(14)13-5-7;1-9(2,3)14-7(11)13-8(12)15-10(4,5)6;1-9(2)7-3-5-8-6-4-7;1-4-7(5-2)6-3/h4-5,7,10H,6,8H2,1-3H3;1-2,4,7H,3,5H2,(H,13,14);1-6H3;3-6H,1-2H3;4-6H2,1-3H3/t10-;7-;;;/m11.../s1. The third-order valence-electron chi connectivity index (χ3n) is 8.90. The minimum atomic E-state index is -1.06. The van der Waals surface area contributed by atoms with Gasteiger partial charge >= 0.3 is 18.4 Å². The molecule has 66 heavy (non-hydrogen) atoms. The Morgan fingerprint density at radius 1 is 0.667 bits per heavy atom. The maximum atomic E-state index is 13.2. The molecule has 0 radical (unpaired) electrons. The lowest BCUT2D eigenvalue weighted by Gasteiger charge is -2.23. The molecule has 14 nitrogen and oxygen atoms in total. The Morgan fingerprint density at radius 3 is 1.39 bits per heavy atom. The van der Waals surface area contributed by atoms with Gasteiger partial charge in [-0.15, -0.1) is 0 Å². The Balaban J connectivity index is 0.000000433. The molecule has 0 bridgehead atoms. The van der Waals surface area contributed by atoms with Gasteiger partial charge in [-0.2, -0.15) is 0 Å². The molecule has 2 aliphatic rings. The van der Waals surface area contributed by atoms with Crippen LogP contribution in [0.5, 0.6) is 0 Å². The lowest BCUT2D eigenvalue weighted by molar-refractivity contribution is -0.127. The van der Waals surface area contributed by atoms with E-state index >= 15 is 0 Å². The Kier molecular flexibility index (Phi) is 23.8. The number of likely N-dealkylation sites (tertiary alicyclic amines) is 1. The normalized spacial score (nSPS) is 15.5. The number of nitrogens with zero attached hydrogens (tertiary/aromatic N) is 4. The summed E-state index contributed by atoms with van der Waals surface area (Å²) in [5, 5.41) is 2.62. The molecule has 2 fully saturated rings. The molecular formula is C48H69F4N5O9. The highest BCUT2D eigenvalue weighted by molar-refractivity contribution is 5.94. The van der Waals surface area contributed by atoms with Crippen LogP contribution in [-0.2, 0) is 28.5 Å². The van der Waals surface area contributed by atoms with Crippen LogP contribution in [-0.4, -0.2) is 109 Å². The van der Waals surface area contributed by atoms with Crippen LogP contribution >= 0.6 is 0 Å². The number of aromatic nitrogens is 1. The third kappa shape index (κ3) is 24.5. The SMILES string of the molecule is CC(C)(C)OC(=O)N1C[C@H](c2cc(F)cc(F)c2)CC1=O.CC(C)(C)OC(=O)OC(=O)OC(C)(C)C.CCN(CC)CC.CN(C)c1ccncc1.O=C1C[C@@H](c2cc(F)cc(F)c2)CN1. The first kappa shape index (κ1) is 58.2. The van der Waals surface area contributed by atoms with Crippen molar-refractivity contribution in [3.63, 3.8) is 0 Å². The van der Waals surface area contributed by atoms with Crippen LogP contribution in [0.2, 0.25) is 0 Å². The molecule has 1 aromatic heterocycles. The van der Waals surface area contributed by atoms with Crippen molar-refractivity contribution in [3.05, 3.63) is 95.3 Å². The lowest BCUT2D eigenvalue weighted by atomic mass is 9.98. The van der Waals surface area contributed by atoms with E-state index in [4.69, 9.17) is 14.2 Å². The average molecular weight is 936 g/mol. The zero-order chi connectivity index (χ0) is 50.6. The Bertz CT molecular complexity index is 1940. The average Bonchev–Trinajstić information content (AvgIpc) is 3.79. The first-order valence-electron chi connectivity index (χ1n) is 21.6. The molecule has 0 aliphatic carbocycles. The largest absolute Gasteiger partial charge is 0.519 e. The highest BCUT2D eigenvalue weighted by Crippen LogP contribution is 2.30. The lowest BCUT2D eigenvalue weighted by Crippen LogP contribution is -2.37. The number of benzene rings is 2. The first-order chi connectivity index (χ1) is 30.4. The summed E-state index contributed by atoms with van der Waals surface area (Å²) in [6.07, 6.45) is 1.07. The molecule has 2 atom stereocenters. The monoisotopic (exact) mass is 936 g/mol. The highest BCUT2D eigenvalue weighted by Gasteiger charge is 2.37. The van der Waals surface area contributed by atoms with Crippen LogP contribution < -0.4 is 10.2 Å². The van der Waals surface area contributed by atoms with E-state index in [9.17, 15) is 41.5 Å². The molecule has 0 saturated carbocycles. The fourth-order valence-corrected chi connectivity index (χ4v) is 5.81. The number of imide groups is 1. The minimum absolute atomic E-state index is 0.0299. The maximum absolute atomic E-state index is 13.2. The van der Waals surface area contributed by atoms with Crippen molar-refractivity contribution in [2.45, 2.75) is 125 Å². The second kappa shape index (κ2) is 27.0. The molecule has 2 aliphatic heterocycles. The fourth-order valence-electron chi connectivity index (χ4n) is 5.81. The van der Waals surface area contributed by atoms with Gasteiger partial charge in [0.15, 0.2) is 0 Å². The molecule has 1 N–H and O–H groups in total. The van der Waals surface area contributed by atoms with Crippen LogP contribution in [0.3, 0.4) is 0 Å². The summed E-state index contributed by atoms with van der Waals surface area (Å²) in [6, 6.07) is 10.4. The number of pyridine rings is 1. The summed E-state index contributed by atoms with van der Waals surface area (Å²) >= 11 is 0. The molecule has 5 rings (SSSR count). The Morgan fingerprint density at radius 2 is 1.08 bits per heavy atom. The van der Waals surface area contributed by atoms with Gasteiger partial charge in [0.25, 0.3) is 0 Å². The molecular weight excluding hydrogens is 867 g/mol. The topological polar surface area (TPSA) is 157 Å². The molecule has 2 saturated heterocycles. The van der Waals surface area contributed by atoms with Gasteiger partial charge in [0.1, 0.15) is 40.1 Å². The van der Waals surface area contributed by atoms with Gasteiger partial charge in [0, 0.05) is 82.1 Å². The summed E-state index contributed by atoms with van der Waals surface area (Å²) in [6.45, 7) is 25.8. The quantitative estimate of drug-likeness (QED) is 0.108. The van der Waals surface area contributed by atoms with E-state index in [0.29, 0.717) is 24.1 Å². The first-order valence-corrected chi connectivity index (χ1v) is 21.6. The molecule has 18 heteroatoms. The van der Waals surface area contributed by atoms with Gasteiger partial charge < -0.3 is 34.1 Å². The van der Waals surface area contributed by atoms with Gasteiger partial charge in [-0.05, 0) is 129 Å². The summed E-state index contributed by atoms with van der Waals surface area (Å²) in [5.41, 5.74) is -0.00346. The smallest absolute Gasteiger partial charge is 0.443 e. The van der Waals surface area contributed by atoms with E-state index in [0.717, 1.165) is 17.0 Å². The van der Waals surface area contributed by atoms with Crippen LogP contribution in [0.15, 0.2) is 60.9 Å². The van der Waals surface area contributed by atoms with E-state index in [1.807, 2.05) is 31.1 Å². The molecule has 3 heterocycles. The van der Waals surface area contributed by atoms with Crippen molar-refractivity contribution >= 4 is 35.9 Å². The van der Waals surface area contributed by atoms with E-state index in [-0.39, 0.29) is 24.8 Å². The van der Waals surface area contributed by atoms with Crippen molar-refractivity contribution in [1.29, 1.82) is 0 Å². The molecule has 0 spiro atoms. The summed E-state index contributed by atoms with van der Waals surface area (Å²) in [5.74, 6) is -3.60. The summed E-state index contributed by atoms with van der Waals surface area (Å²) in [4.78, 5) is 66.0. The second-order valence-electron chi connectivity index (χ2n) is 18.2. The van der Waals surface area contributed by atoms with E-state index in [1.165, 1.54) is 49.6 Å². The van der Waals surface area contributed by atoms with Crippen LogP contribution in [0.4, 0.5) is 37.6 Å². The third-order valence-corrected chi connectivity index (χ3v) is 8.90. The van der Waals surface area contributed by atoms with E-state index in [1.54, 1.807) is 74.7 Å². The number of rotatable bonds is 6. The molecule has 0 unspecified atom stereocenters. The van der Waals surface area contributed by atoms with E-state index < -0.39 is 70.3 Å². The zero-order valence-corrected chi connectivity index (χ0v) is 40.9. The number of halogens is 4. The predicted molar refractivity (Wildman–Crippen MR) is 244 cm³/mol. The van der Waals surface area contributed by atoms with Gasteiger partial charge in [-0.1, -0.05) is 20.8 Å². The number of anilines is 1. The number of amides is 3. The van der Waals surface area contributed by atoms with Crippen molar-refractivity contribution < 1.29 is 60.5 Å². The van der Waals surface area contributed by atoms with Crippen molar-refractivity contribution in [3.8, 4) is 0 Å². The van der Waals surface area contributed by atoms with Crippen LogP contribution in [0.25, 0.3) is 0 Å². The second-order valence-corrected chi connectivity index (χ2v) is 18.2. The number of carbonyl (C=O) groups excluding carboxylic acids is 5. The number of hydrogen-bond donors (Lipinski definition) is 1. The predicted octanol–water partition coefficient (Wildman–Crippen LogP) is 10.2. The summed E-state index contributed by atoms with van der Waals surface area (Å²) < 4.78 is 71.1. The van der Waals surface area contributed by atoms with E-state index in [2.05, 4.69) is 40.7 Å². The fraction of sp³-hybridized carbons (Fsp3) is 0.542. The van der Waals surface area contributed by atoms with Crippen LogP contribution in [0, 0.1) is 23.3 Å². The van der Waals surface area contributed by atoms with Crippen molar-refractivity contribution in [2.24, 2.45) is 0 Å². The number of hydrogen-bond acceptors (Lipinski definition) is 12. The van der Waals surface area contributed by atoms with Gasteiger partial charge in [-0.25, -0.2) is 36.8 Å². The molecule has 3 aromatic rings. The Labute approximate surface area is 387 Å². The number of carbonyl (C=O) groups is 5. The van der Waals surface area contributed by atoms with Gasteiger partial charge in [-0.3, -0.25) is 14.6 Å². The van der Waals surface area contributed by atoms with Crippen molar-refractivity contribution in [2.75, 3.05) is 51.7 Å². The highest BCUT2D eigenvalue weighted by atomic mass is 19.1. The molecule has 3 amide bonds. The number of ether oxygens (including phenoxy) is 4. The maximum Gasteiger partial charge on any atom is 0.519 e. The van der Waals surface area contributed by atoms with Gasteiger partial charge in [0.2, 0.25) is 11.8 Å².